The van der Waals surface area contributed by atoms with Gasteiger partial charge in [0.1, 0.15) is 6.04 Å². The summed E-state index contributed by atoms with van der Waals surface area (Å²) in [7, 11) is -3.95. The Morgan fingerprint density at radius 1 is 1.33 bits per heavy atom. The molecule has 1 aromatic rings. The van der Waals surface area contributed by atoms with Gasteiger partial charge in [-0.25, -0.2) is 13.1 Å². The van der Waals surface area contributed by atoms with Gasteiger partial charge in [-0.2, -0.15) is 0 Å². The van der Waals surface area contributed by atoms with E-state index in [-0.39, 0.29) is 17.7 Å². The molecule has 10 heteroatoms. The molecule has 0 saturated carbocycles. The molecule has 1 aromatic carbocycles. The third kappa shape index (κ3) is 5.45. The van der Waals surface area contributed by atoms with Crippen LogP contribution in [-0.2, 0) is 20.6 Å². The maximum absolute atomic E-state index is 11.8. The Bertz CT molecular complexity index is 612. The number of non-ortho nitro benzene ring substituents is 1. The number of aliphatic carboxylic acids is 1. The number of nitrogens with one attached hydrogen (secondary N) is 1. The van der Waals surface area contributed by atoms with Crippen molar-refractivity contribution in [2.75, 3.05) is 6.61 Å². The SMILES string of the molecule is O=C(O)[C@@H](CCO)NS(=O)(=O)Cc1ccc([N+](=O)[O-])cc1. The molecule has 0 saturated heterocycles. The molecule has 0 fully saturated rings. The Labute approximate surface area is 120 Å². The second-order valence-electron chi connectivity index (χ2n) is 4.20. The van der Waals surface area contributed by atoms with E-state index in [1.807, 2.05) is 4.72 Å². The normalized spacial score (nSPS) is 12.8. The molecule has 0 aliphatic heterocycles. The molecule has 0 unspecified atom stereocenters. The van der Waals surface area contributed by atoms with Crippen LogP contribution in [0.4, 0.5) is 5.69 Å². The van der Waals surface area contributed by atoms with Gasteiger partial charge in [0.25, 0.3) is 5.69 Å². The average Bonchev–Trinajstić information content (AvgIpc) is 2.38. The first-order valence-electron chi connectivity index (χ1n) is 5.82. The first kappa shape index (κ1) is 17.0. The summed E-state index contributed by atoms with van der Waals surface area (Å²) < 4.78 is 25.6. The van der Waals surface area contributed by atoms with Crippen molar-refractivity contribution in [3.63, 3.8) is 0 Å². The van der Waals surface area contributed by atoms with Gasteiger partial charge in [-0.15, -0.1) is 0 Å². The molecule has 0 spiro atoms. The van der Waals surface area contributed by atoms with Crippen molar-refractivity contribution in [2.24, 2.45) is 0 Å². The Hall–Kier alpha value is -2.04. The number of benzene rings is 1. The van der Waals surface area contributed by atoms with Crippen molar-refractivity contribution in [1.82, 2.24) is 4.72 Å². The number of hydrogen-bond acceptors (Lipinski definition) is 6. The number of aliphatic hydroxyl groups is 1. The van der Waals surface area contributed by atoms with Crippen LogP contribution in [0.2, 0.25) is 0 Å². The highest BCUT2D eigenvalue weighted by Crippen LogP contribution is 2.14. The van der Waals surface area contributed by atoms with Crippen molar-refractivity contribution in [3.05, 3.63) is 39.9 Å². The second kappa shape index (κ2) is 7.11. The van der Waals surface area contributed by atoms with E-state index < -0.39 is 39.3 Å². The van der Waals surface area contributed by atoms with Crippen molar-refractivity contribution in [1.29, 1.82) is 0 Å². The van der Waals surface area contributed by atoms with E-state index in [0.29, 0.717) is 0 Å². The summed E-state index contributed by atoms with van der Waals surface area (Å²) in [6.45, 7) is -0.475. The van der Waals surface area contributed by atoms with Gasteiger partial charge in [-0.1, -0.05) is 12.1 Å². The smallest absolute Gasteiger partial charge is 0.321 e. The van der Waals surface area contributed by atoms with Gasteiger partial charge in [-0.05, 0) is 12.0 Å². The standard InChI is InChI=1S/C11H14N2O7S/c14-6-5-10(11(15)16)12-21(19,20)7-8-1-3-9(4-2-8)13(17)18/h1-4,10,12,14H,5-7H2,(H,15,16)/t10-/m1/s1. The van der Waals surface area contributed by atoms with Gasteiger partial charge in [-0.3, -0.25) is 14.9 Å². The molecule has 0 bridgehead atoms. The van der Waals surface area contributed by atoms with Gasteiger partial charge in [0.2, 0.25) is 10.0 Å². The minimum Gasteiger partial charge on any atom is -0.480 e. The number of sulfonamides is 1. The monoisotopic (exact) mass is 318 g/mol. The number of carboxylic acids is 1. The number of hydrogen-bond donors (Lipinski definition) is 3. The molecular weight excluding hydrogens is 304 g/mol. The van der Waals surface area contributed by atoms with Gasteiger partial charge in [0, 0.05) is 18.7 Å². The van der Waals surface area contributed by atoms with E-state index in [0.717, 1.165) is 12.1 Å². The van der Waals surface area contributed by atoms with E-state index in [2.05, 4.69) is 0 Å². The van der Waals surface area contributed by atoms with E-state index >= 15 is 0 Å². The van der Waals surface area contributed by atoms with Gasteiger partial charge in [0.15, 0.2) is 0 Å². The Kier molecular flexibility index (Phi) is 5.76. The molecule has 0 radical (unpaired) electrons. The quantitative estimate of drug-likeness (QED) is 0.446. The molecule has 1 rings (SSSR count). The number of carbonyl (C=O) groups is 1. The average molecular weight is 318 g/mol. The van der Waals surface area contributed by atoms with Crippen LogP contribution in [0.3, 0.4) is 0 Å². The molecule has 0 aliphatic rings. The minimum atomic E-state index is -3.95. The van der Waals surface area contributed by atoms with Crippen molar-refractivity contribution in [3.8, 4) is 0 Å². The van der Waals surface area contributed by atoms with Gasteiger partial charge >= 0.3 is 5.97 Å². The molecule has 9 nitrogen and oxygen atoms in total. The van der Waals surface area contributed by atoms with Crippen LogP contribution in [0.1, 0.15) is 12.0 Å². The molecule has 3 N–H and O–H groups in total. The Balaban J connectivity index is 2.79. The largest absolute Gasteiger partial charge is 0.480 e. The lowest BCUT2D eigenvalue weighted by Crippen LogP contribution is -2.41. The third-order valence-electron chi connectivity index (χ3n) is 2.54. The molecule has 0 amide bonds. The fourth-order valence-electron chi connectivity index (χ4n) is 1.55. The topological polar surface area (TPSA) is 147 Å². The molecular formula is C11H14N2O7S. The summed E-state index contributed by atoms with van der Waals surface area (Å²) >= 11 is 0. The van der Waals surface area contributed by atoms with Crippen LogP contribution < -0.4 is 4.72 Å². The highest BCUT2D eigenvalue weighted by molar-refractivity contribution is 7.88. The van der Waals surface area contributed by atoms with Crippen LogP contribution in [-0.4, -0.2) is 42.2 Å². The fraction of sp³-hybridized carbons (Fsp3) is 0.364. The van der Waals surface area contributed by atoms with Crippen LogP contribution in [0.5, 0.6) is 0 Å². The molecule has 0 aromatic heterocycles. The van der Waals surface area contributed by atoms with Crippen molar-refractivity contribution >= 4 is 21.7 Å². The number of nitrogens with zero attached hydrogens (tertiary/aromatic N) is 1. The van der Waals surface area contributed by atoms with Crippen LogP contribution >= 0.6 is 0 Å². The summed E-state index contributed by atoms with van der Waals surface area (Å²) in [5, 5.41) is 28.0. The zero-order valence-electron chi connectivity index (χ0n) is 10.8. The zero-order valence-corrected chi connectivity index (χ0v) is 11.6. The molecule has 21 heavy (non-hydrogen) atoms. The van der Waals surface area contributed by atoms with Crippen LogP contribution in [0, 0.1) is 10.1 Å². The zero-order chi connectivity index (χ0) is 16.0. The van der Waals surface area contributed by atoms with E-state index in [9.17, 15) is 23.3 Å². The number of nitro groups is 1. The predicted molar refractivity (Wildman–Crippen MR) is 72.0 cm³/mol. The number of rotatable bonds is 8. The first-order valence-corrected chi connectivity index (χ1v) is 7.47. The first-order chi connectivity index (χ1) is 9.75. The lowest BCUT2D eigenvalue weighted by atomic mass is 10.2. The van der Waals surface area contributed by atoms with E-state index in [1.54, 1.807) is 0 Å². The maximum atomic E-state index is 11.8. The summed E-state index contributed by atoms with van der Waals surface area (Å²) in [6, 6.07) is 3.46. The van der Waals surface area contributed by atoms with Crippen LogP contribution in [0.15, 0.2) is 24.3 Å². The third-order valence-corrected chi connectivity index (χ3v) is 3.90. The molecule has 0 aliphatic carbocycles. The highest BCUT2D eigenvalue weighted by Gasteiger charge is 2.23. The maximum Gasteiger partial charge on any atom is 0.321 e. The summed E-state index contributed by atoms with van der Waals surface area (Å²) in [4.78, 5) is 20.7. The van der Waals surface area contributed by atoms with Crippen LogP contribution in [0.25, 0.3) is 0 Å². The number of aliphatic hydroxyl groups excluding tert-OH is 1. The Morgan fingerprint density at radius 2 is 1.90 bits per heavy atom. The molecule has 116 valence electrons. The molecule has 1 atom stereocenters. The second-order valence-corrected chi connectivity index (χ2v) is 5.96. The predicted octanol–water partition coefficient (Wildman–Crippen LogP) is -0.150. The fourth-order valence-corrected chi connectivity index (χ4v) is 2.92. The van der Waals surface area contributed by atoms with Crippen molar-refractivity contribution in [2.45, 2.75) is 18.2 Å². The molecule has 0 heterocycles. The van der Waals surface area contributed by atoms with Crippen molar-refractivity contribution < 1.29 is 28.3 Å². The summed E-state index contributed by atoms with van der Waals surface area (Å²) in [5.74, 6) is -1.91. The Morgan fingerprint density at radius 3 is 2.33 bits per heavy atom. The minimum absolute atomic E-state index is 0.173. The number of carboxylic acid groups (broad SMARTS) is 1. The van der Waals surface area contributed by atoms with Gasteiger partial charge < -0.3 is 10.2 Å². The number of nitro benzene ring substituents is 1. The summed E-state index contributed by atoms with van der Waals surface area (Å²) in [5.41, 5.74) is 0.106. The van der Waals surface area contributed by atoms with E-state index in [4.69, 9.17) is 10.2 Å². The lowest BCUT2D eigenvalue weighted by molar-refractivity contribution is -0.384. The summed E-state index contributed by atoms with van der Waals surface area (Å²) in [6.07, 6.45) is -0.255. The highest BCUT2D eigenvalue weighted by atomic mass is 32.2. The van der Waals surface area contributed by atoms with E-state index in [1.165, 1.54) is 12.1 Å². The van der Waals surface area contributed by atoms with Gasteiger partial charge in [0.05, 0.1) is 10.7 Å². The lowest BCUT2D eigenvalue weighted by Gasteiger charge is -2.13.